The molecule has 0 aromatic rings. The Kier molecular flexibility index (Phi) is 4.80. The number of ether oxygens (including phenoxy) is 1. The maximum absolute atomic E-state index is 5.81. The summed E-state index contributed by atoms with van der Waals surface area (Å²) in [4.78, 5) is 2.30. The van der Waals surface area contributed by atoms with Gasteiger partial charge in [-0.3, -0.25) is 4.90 Å². The lowest BCUT2D eigenvalue weighted by atomic mass is 10.2. The maximum atomic E-state index is 5.81. The third-order valence-corrected chi connectivity index (χ3v) is 1.85. The van der Waals surface area contributed by atoms with E-state index in [-0.39, 0.29) is 11.8 Å². The van der Waals surface area contributed by atoms with Crippen molar-refractivity contribution in [2.45, 2.75) is 53.4 Å². The van der Waals surface area contributed by atoms with Gasteiger partial charge in [0.15, 0.2) is 0 Å². The van der Waals surface area contributed by atoms with Gasteiger partial charge in [-0.15, -0.1) is 0 Å². The van der Waals surface area contributed by atoms with E-state index in [1.807, 2.05) is 0 Å². The average molecular weight is 173 g/mol. The van der Waals surface area contributed by atoms with Crippen LogP contribution in [0.4, 0.5) is 0 Å². The van der Waals surface area contributed by atoms with Gasteiger partial charge in [0.05, 0.1) is 5.60 Å². The van der Waals surface area contributed by atoms with E-state index in [0.717, 1.165) is 13.1 Å². The fourth-order valence-electron chi connectivity index (χ4n) is 1.32. The minimum Gasteiger partial charge on any atom is -0.358 e. The first-order valence-corrected chi connectivity index (χ1v) is 4.82. The molecule has 0 amide bonds. The van der Waals surface area contributed by atoms with Crippen molar-refractivity contribution in [1.82, 2.24) is 4.90 Å². The second kappa shape index (κ2) is 4.83. The van der Waals surface area contributed by atoms with Gasteiger partial charge >= 0.3 is 0 Å². The van der Waals surface area contributed by atoms with E-state index in [2.05, 4.69) is 46.4 Å². The van der Waals surface area contributed by atoms with Crippen molar-refractivity contribution in [2.24, 2.45) is 0 Å². The van der Waals surface area contributed by atoms with Crippen molar-refractivity contribution in [2.75, 3.05) is 13.1 Å². The van der Waals surface area contributed by atoms with Crippen molar-refractivity contribution in [3.63, 3.8) is 0 Å². The fourth-order valence-corrected chi connectivity index (χ4v) is 1.32. The molecule has 0 bridgehead atoms. The highest BCUT2D eigenvalue weighted by atomic mass is 16.5. The number of hydrogen-bond acceptors (Lipinski definition) is 2. The summed E-state index contributed by atoms with van der Waals surface area (Å²) in [5.41, 5.74) is -0.0397. The highest BCUT2D eigenvalue weighted by molar-refractivity contribution is 4.63. The van der Waals surface area contributed by atoms with E-state index in [0.29, 0.717) is 0 Å². The van der Waals surface area contributed by atoms with Gasteiger partial charge in [-0.05, 0) is 40.8 Å². The lowest BCUT2D eigenvalue weighted by Gasteiger charge is -2.32. The van der Waals surface area contributed by atoms with Gasteiger partial charge in [0.25, 0.3) is 0 Å². The molecule has 1 atom stereocenters. The lowest BCUT2D eigenvalue weighted by Crippen LogP contribution is -2.39. The predicted molar refractivity (Wildman–Crippen MR) is 53.2 cm³/mol. The minimum absolute atomic E-state index is 0.0397. The van der Waals surface area contributed by atoms with Gasteiger partial charge in [-0.1, -0.05) is 13.8 Å². The quantitative estimate of drug-likeness (QED) is 0.606. The zero-order chi connectivity index (χ0) is 9.78. The Morgan fingerprint density at radius 3 is 1.83 bits per heavy atom. The molecule has 74 valence electrons. The minimum atomic E-state index is -0.0397. The van der Waals surface area contributed by atoms with Crippen LogP contribution in [-0.4, -0.2) is 29.8 Å². The van der Waals surface area contributed by atoms with Crippen LogP contribution in [-0.2, 0) is 4.74 Å². The molecule has 0 aliphatic rings. The van der Waals surface area contributed by atoms with Crippen LogP contribution in [0.15, 0.2) is 0 Å². The average Bonchev–Trinajstić information content (AvgIpc) is 1.85. The molecule has 0 aromatic heterocycles. The van der Waals surface area contributed by atoms with Gasteiger partial charge in [-0.25, -0.2) is 0 Å². The molecule has 0 saturated heterocycles. The van der Waals surface area contributed by atoms with Gasteiger partial charge in [-0.2, -0.15) is 0 Å². The molecule has 0 fully saturated rings. The van der Waals surface area contributed by atoms with E-state index >= 15 is 0 Å². The summed E-state index contributed by atoms with van der Waals surface area (Å²) >= 11 is 0. The largest absolute Gasteiger partial charge is 0.358 e. The number of nitrogens with zero attached hydrogens (tertiary/aromatic N) is 1. The summed E-state index contributed by atoms with van der Waals surface area (Å²) in [6.45, 7) is 14.8. The molecule has 0 heterocycles. The molecule has 2 nitrogen and oxygen atoms in total. The van der Waals surface area contributed by atoms with Crippen molar-refractivity contribution in [3.8, 4) is 0 Å². The molecular weight excluding hydrogens is 150 g/mol. The van der Waals surface area contributed by atoms with Crippen LogP contribution in [0.3, 0.4) is 0 Å². The molecule has 0 N–H and O–H groups in total. The zero-order valence-corrected chi connectivity index (χ0v) is 9.35. The van der Waals surface area contributed by atoms with Gasteiger partial charge in [0, 0.05) is 0 Å². The Bertz CT molecular complexity index is 113. The molecule has 0 aromatic carbocycles. The Hall–Kier alpha value is -0.0800. The van der Waals surface area contributed by atoms with Gasteiger partial charge in [0.2, 0.25) is 0 Å². The predicted octanol–water partition coefficient (Wildman–Crippen LogP) is 2.49. The molecule has 0 saturated carbocycles. The number of rotatable bonds is 4. The first kappa shape index (κ1) is 11.9. The molecule has 0 aliphatic carbocycles. The third-order valence-electron chi connectivity index (χ3n) is 1.85. The summed E-state index contributed by atoms with van der Waals surface area (Å²) in [7, 11) is 0. The zero-order valence-electron chi connectivity index (χ0n) is 9.35. The second-order valence-corrected chi connectivity index (χ2v) is 4.05. The highest BCUT2D eigenvalue weighted by Gasteiger charge is 2.18. The van der Waals surface area contributed by atoms with Crippen LogP contribution in [0.2, 0.25) is 0 Å². The SMILES string of the molecule is CCN(CC)C(C)OC(C)(C)C. The molecule has 0 rings (SSSR count). The fraction of sp³-hybridized carbons (Fsp3) is 1.00. The molecule has 2 heteroatoms. The van der Waals surface area contributed by atoms with E-state index in [1.165, 1.54) is 0 Å². The summed E-state index contributed by atoms with van der Waals surface area (Å²) in [5, 5.41) is 0. The Morgan fingerprint density at radius 2 is 1.58 bits per heavy atom. The summed E-state index contributed by atoms with van der Waals surface area (Å²) < 4.78 is 5.81. The van der Waals surface area contributed by atoms with Crippen LogP contribution in [0.1, 0.15) is 41.5 Å². The smallest absolute Gasteiger partial charge is 0.108 e. The van der Waals surface area contributed by atoms with E-state index in [9.17, 15) is 0 Å². The first-order valence-electron chi connectivity index (χ1n) is 4.82. The summed E-state index contributed by atoms with van der Waals surface area (Å²) in [5.74, 6) is 0. The standard InChI is InChI=1S/C10H23NO/c1-7-11(8-2)9(3)12-10(4,5)6/h9H,7-8H2,1-6H3. The summed E-state index contributed by atoms with van der Waals surface area (Å²) in [6.07, 6.45) is 0.222. The second-order valence-electron chi connectivity index (χ2n) is 4.05. The van der Waals surface area contributed by atoms with Crippen molar-refractivity contribution >= 4 is 0 Å². The normalized spacial score (nSPS) is 15.2. The Morgan fingerprint density at radius 1 is 1.17 bits per heavy atom. The third kappa shape index (κ3) is 4.73. The first-order chi connectivity index (χ1) is 5.40. The van der Waals surface area contributed by atoms with E-state index < -0.39 is 0 Å². The number of hydrogen-bond donors (Lipinski definition) is 0. The molecule has 12 heavy (non-hydrogen) atoms. The van der Waals surface area contributed by atoms with E-state index in [4.69, 9.17) is 4.74 Å². The molecule has 1 unspecified atom stereocenters. The molecular formula is C10H23NO. The topological polar surface area (TPSA) is 12.5 Å². The molecule has 0 radical (unpaired) electrons. The van der Waals surface area contributed by atoms with Crippen LogP contribution in [0.5, 0.6) is 0 Å². The van der Waals surface area contributed by atoms with Crippen LogP contribution < -0.4 is 0 Å². The van der Waals surface area contributed by atoms with Crippen molar-refractivity contribution in [3.05, 3.63) is 0 Å². The van der Waals surface area contributed by atoms with Crippen molar-refractivity contribution < 1.29 is 4.74 Å². The monoisotopic (exact) mass is 173 g/mol. The molecule has 0 aliphatic heterocycles. The van der Waals surface area contributed by atoms with Gasteiger partial charge in [0.1, 0.15) is 6.23 Å². The summed E-state index contributed by atoms with van der Waals surface area (Å²) in [6, 6.07) is 0. The van der Waals surface area contributed by atoms with Crippen LogP contribution in [0.25, 0.3) is 0 Å². The van der Waals surface area contributed by atoms with Gasteiger partial charge < -0.3 is 4.74 Å². The lowest BCUT2D eigenvalue weighted by molar-refractivity contribution is -0.120. The maximum Gasteiger partial charge on any atom is 0.108 e. The Balaban J connectivity index is 3.92. The van der Waals surface area contributed by atoms with Crippen molar-refractivity contribution in [1.29, 1.82) is 0 Å². The van der Waals surface area contributed by atoms with Crippen LogP contribution in [0, 0.1) is 0 Å². The van der Waals surface area contributed by atoms with Crippen LogP contribution >= 0.6 is 0 Å². The highest BCUT2D eigenvalue weighted by Crippen LogP contribution is 2.12. The van der Waals surface area contributed by atoms with E-state index in [1.54, 1.807) is 0 Å². The molecule has 0 spiro atoms. The Labute approximate surface area is 76.9 Å².